The lowest BCUT2D eigenvalue weighted by molar-refractivity contribution is -0.131. The fourth-order valence-corrected chi connectivity index (χ4v) is 3.63. The van der Waals surface area contributed by atoms with Crippen molar-refractivity contribution in [3.63, 3.8) is 0 Å². The average molecular weight is 337 g/mol. The molecule has 0 aromatic heterocycles. The number of likely N-dealkylation sites (N-methyl/N-ethyl adjacent to an activating group) is 1. The number of carbonyl (C=O) groups excluding carboxylic acids is 1. The van der Waals surface area contributed by atoms with Crippen LogP contribution in [0.15, 0.2) is 42.5 Å². The molecule has 0 saturated carbocycles. The highest BCUT2D eigenvalue weighted by Gasteiger charge is 2.21. The Hall–Kier alpha value is -2.29. The highest BCUT2D eigenvalue weighted by molar-refractivity contribution is 5.79. The molecular formula is C22H27NO2. The molecule has 1 aliphatic carbocycles. The van der Waals surface area contributed by atoms with E-state index in [9.17, 15) is 4.79 Å². The van der Waals surface area contributed by atoms with Gasteiger partial charge in [0.15, 0.2) is 0 Å². The van der Waals surface area contributed by atoms with Crippen molar-refractivity contribution in [2.75, 3.05) is 14.2 Å². The van der Waals surface area contributed by atoms with Crippen molar-refractivity contribution in [1.82, 2.24) is 4.90 Å². The van der Waals surface area contributed by atoms with Crippen LogP contribution in [-0.4, -0.2) is 25.0 Å². The van der Waals surface area contributed by atoms with E-state index in [0.717, 1.165) is 23.3 Å². The van der Waals surface area contributed by atoms with Crippen molar-refractivity contribution in [3.05, 3.63) is 64.7 Å². The number of benzene rings is 2. The van der Waals surface area contributed by atoms with Gasteiger partial charge >= 0.3 is 0 Å². The highest BCUT2D eigenvalue weighted by Crippen LogP contribution is 2.29. The zero-order chi connectivity index (χ0) is 17.8. The number of fused-ring (bicyclic) bond motifs is 1. The fourth-order valence-electron chi connectivity index (χ4n) is 3.63. The molecule has 132 valence electrons. The van der Waals surface area contributed by atoms with Crippen molar-refractivity contribution in [2.24, 2.45) is 0 Å². The van der Waals surface area contributed by atoms with Gasteiger partial charge < -0.3 is 9.64 Å². The summed E-state index contributed by atoms with van der Waals surface area (Å²) in [5, 5.41) is 0. The van der Waals surface area contributed by atoms with E-state index < -0.39 is 0 Å². The maximum atomic E-state index is 12.8. The molecule has 0 saturated heterocycles. The highest BCUT2D eigenvalue weighted by atomic mass is 16.5. The van der Waals surface area contributed by atoms with E-state index in [4.69, 9.17) is 4.74 Å². The van der Waals surface area contributed by atoms with E-state index in [-0.39, 0.29) is 11.9 Å². The lowest BCUT2D eigenvalue weighted by Crippen LogP contribution is -2.31. The number of aryl methyl sites for hydroxylation is 2. The van der Waals surface area contributed by atoms with Crippen LogP contribution in [0.1, 0.15) is 48.1 Å². The number of amides is 1. The SMILES string of the molecule is COc1ccccc1[C@H](C)N(C)C(=O)Cc1ccc2c(c1)CCCC2. The van der Waals surface area contributed by atoms with Crippen molar-refractivity contribution in [1.29, 1.82) is 0 Å². The third kappa shape index (κ3) is 3.87. The summed E-state index contributed by atoms with van der Waals surface area (Å²) in [6.07, 6.45) is 5.31. The van der Waals surface area contributed by atoms with Crippen molar-refractivity contribution in [2.45, 2.75) is 45.1 Å². The van der Waals surface area contributed by atoms with Gasteiger partial charge in [0.1, 0.15) is 5.75 Å². The molecule has 1 aliphatic rings. The number of para-hydroxylation sites is 1. The molecule has 0 unspecified atom stereocenters. The minimum absolute atomic E-state index is 0.0266. The fraction of sp³-hybridized carbons (Fsp3) is 0.409. The molecule has 1 amide bonds. The molecule has 0 aliphatic heterocycles. The van der Waals surface area contributed by atoms with E-state index in [0.29, 0.717) is 6.42 Å². The standard InChI is InChI=1S/C22H27NO2/c1-16(20-10-6-7-11-21(20)25-3)23(2)22(24)15-17-12-13-18-8-4-5-9-19(18)14-17/h6-7,10-14,16H,4-5,8-9,15H2,1-3H3/t16-/m0/s1. The van der Waals surface area contributed by atoms with Gasteiger partial charge in [0.05, 0.1) is 19.6 Å². The molecule has 0 heterocycles. The Morgan fingerprint density at radius 3 is 2.60 bits per heavy atom. The first-order valence-electron chi connectivity index (χ1n) is 9.09. The maximum absolute atomic E-state index is 12.8. The van der Waals surface area contributed by atoms with Crippen LogP contribution in [-0.2, 0) is 24.1 Å². The monoisotopic (exact) mass is 337 g/mol. The van der Waals surface area contributed by atoms with E-state index >= 15 is 0 Å². The second-order valence-corrected chi connectivity index (χ2v) is 6.91. The quantitative estimate of drug-likeness (QED) is 0.812. The molecule has 3 rings (SSSR count). The van der Waals surface area contributed by atoms with Gasteiger partial charge in [0.25, 0.3) is 0 Å². The van der Waals surface area contributed by atoms with Crippen LogP contribution in [0, 0.1) is 0 Å². The first-order chi connectivity index (χ1) is 12.1. The number of nitrogens with zero attached hydrogens (tertiary/aromatic N) is 1. The molecule has 0 N–H and O–H groups in total. The Labute approximate surface area is 150 Å². The van der Waals surface area contributed by atoms with Crippen LogP contribution in [0.25, 0.3) is 0 Å². The first-order valence-corrected chi connectivity index (χ1v) is 9.09. The molecule has 3 nitrogen and oxygen atoms in total. The van der Waals surface area contributed by atoms with Crippen LogP contribution < -0.4 is 4.74 Å². The Morgan fingerprint density at radius 1 is 1.12 bits per heavy atom. The lowest BCUT2D eigenvalue weighted by atomic mass is 9.90. The van der Waals surface area contributed by atoms with Crippen molar-refractivity contribution < 1.29 is 9.53 Å². The summed E-state index contributed by atoms with van der Waals surface area (Å²) >= 11 is 0. The minimum Gasteiger partial charge on any atom is -0.496 e. The number of hydrogen-bond donors (Lipinski definition) is 0. The summed E-state index contributed by atoms with van der Waals surface area (Å²) in [6.45, 7) is 2.04. The summed E-state index contributed by atoms with van der Waals surface area (Å²) in [7, 11) is 3.54. The molecule has 1 atom stereocenters. The molecule has 0 spiro atoms. The minimum atomic E-state index is -0.0266. The van der Waals surface area contributed by atoms with Crippen molar-refractivity contribution in [3.8, 4) is 5.75 Å². The van der Waals surface area contributed by atoms with Crippen LogP contribution in [0.4, 0.5) is 0 Å². The molecule has 3 heteroatoms. The summed E-state index contributed by atoms with van der Waals surface area (Å²) < 4.78 is 5.44. The number of methoxy groups -OCH3 is 1. The van der Waals surface area contributed by atoms with Gasteiger partial charge in [0, 0.05) is 12.6 Å². The van der Waals surface area contributed by atoms with Crippen molar-refractivity contribution >= 4 is 5.91 Å². The molecule has 25 heavy (non-hydrogen) atoms. The molecule has 0 fully saturated rings. The third-order valence-corrected chi connectivity index (χ3v) is 5.33. The van der Waals surface area contributed by atoms with Crippen LogP contribution in [0.3, 0.4) is 0 Å². The molecule has 2 aromatic carbocycles. The number of ether oxygens (including phenoxy) is 1. The second kappa shape index (κ2) is 7.73. The third-order valence-electron chi connectivity index (χ3n) is 5.33. The normalized spacial score (nSPS) is 14.5. The second-order valence-electron chi connectivity index (χ2n) is 6.91. The Kier molecular flexibility index (Phi) is 5.42. The molecular weight excluding hydrogens is 310 g/mol. The van der Waals surface area contributed by atoms with E-state index in [1.165, 1.54) is 30.4 Å². The van der Waals surface area contributed by atoms with Crippen LogP contribution in [0.5, 0.6) is 5.75 Å². The predicted molar refractivity (Wildman–Crippen MR) is 101 cm³/mol. The zero-order valence-corrected chi connectivity index (χ0v) is 15.4. The Balaban J connectivity index is 1.72. The lowest BCUT2D eigenvalue weighted by Gasteiger charge is -2.27. The molecule has 0 bridgehead atoms. The largest absolute Gasteiger partial charge is 0.496 e. The smallest absolute Gasteiger partial charge is 0.227 e. The zero-order valence-electron chi connectivity index (χ0n) is 15.4. The van der Waals surface area contributed by atoms with Gasteiger partial charge in [-0.05, 0) is 55.4 Å². The van der Waals surface area contributed by atoms with Gasteiger partial charge in [0.2, 0.25) is 5.91 Å². The van der Waals surface area contributed by atoms with Crippen LogP contribution >= 0.6 is 0 Å². The number of hydrogen-bond acceptors (Lipinski definition) is 2. The van der Waals surface area contributed by atoms with Gasteiger partial charge in [-0.2, -0.15) is 0 Å². The predicted octanol–water partition coefficient (Wildman–Crippen LogP) is 4.34. The van der Waals surface area contributed by atoms with Gasteiger partial charge in [-0.15, -0.1) is 0 Å². The topological polar surface area (TPSA) is 29.5 Å². The van der Waals surface area contributed by atoms with Gasteiger partial charge in [-0.25, -0.2) is 0 Å². The van der Waals surface area contributed by atoms with Gasteiger partial charge in [-0.3, -0.25) is 4.79 Å². The number of carbonyl (C=O) groups is 1. The molecule has 0 radical (unpaired) electrons. The Morgan fingerprint density at radius 2 is 1.84 bits per heavy atom. The average Bonchev–Trinajstić information content (AvgIpc) is 2.66. The van der Waals surface area contributed by atoms with E-state index in [1.807, 2.05) is 43.1 Å². The van der Waals surface area contributed by atoms with E-state index in [2.05, 4.69) is 18.2 Å². The van der Waals surface area contributed by atoms with E-state index in [1.54, 1.807) is 7.11 Å². The Bertz CT molecular complexity index is 753. The van der Waals surface area contributed by atoms with Gasteiger partial charge in [-0.1, -0.05) is 36.4 Å². The first kappa shape index (κ1) is 17.5. The maximum Gasteiger partial charge on any atom is 0.227 e. The number of rotatable bonds is 5. The summed E-state index contributed by atoms with van der Waals surface area (Å²) in [6, 6.07) is 14.4. The van der Waals surface area contributed by atoms with Crippen LogP contribution in [0.2, 0.25) is 0 Å². The molecule has 2 aromatic rings. The summed E-state index contributed by atoms with van der Waals surface area (Å²) in [4.78, 5) is 14.6. The summed E-state index contributed by atoms with van der Waals surface area (Å²) in [5.41, 5.74) is 5.03. The summed E-state index contributed by atoms with van der Waals surface area (Å²) in [5.74, 6) is 0.956.